The Kier molecular flexibility index (Phi) is 9.42. The van der Waals surface area contributed by atoms with Crippen LogP contribution in [-0.2, 0) is 24.4 Å². The molecule has 2 fully saturated rings. The van der Waals surface area contributed by atoms with Gasteiger partial charge in [0.05, 0.1) is 23.3 Å². The minimum Gasteiger partial charge on any atom is -0.481 e. The van der Waals surface area contributed by atoms with Crippen LogP contribution in [0.4, 0.5) is 5.69 Å². The lowest BCUT2D eigenvalue weighted by Crippen LogP contribution is -2.55. The van der Waals surface area contributed by atoms with E-state index in [1.165, 1.54) is 29.2 Å². The molecule has 2 N–H and O–H groups in total. The van der Waals surface area contributed by atoms with Gasteiger partial charge < -0.3 is 15.3 Å². The number of nitro groups is 1. The van der Waals surface area contributed by atoms with E-state index in [1.807, 2.05) is 30.3 Å². The van der Waals surface area contributed by atoms with Crippen LogP contribution in [0.2, 0.25) is 0 Å². The minimum absolute atomic E-state index is 0.000714. The van der Waals surface area contributed by atoms with Crippen LogP contribution in [0.15, 0.2) is 76.3 Å². The maximum absolute atomic E-state index is 14.4. The highest BCUT2D eigenvalue weighted by Crippen LogP contribution is 2.40. The summed E-state index contributed by atoms with van der Waals surface area (Å²) in [4.78, 5) is 52.4. The summed E-state index contributed by atoms with van der Waals surface area (Å²) < 4.78 is 28.5. The number of nitrogens with one attached hydrogen (secondary N) is 1. The van der Waals surface area contributed by atoms with Gasteiger partial charge in [0.1, 0.15) is 4.21 Å². The zero-order chi connectivity index (χ0) is 31.4. The number of benzene rings is 2. The average molecular weight is 641 g/mol. The Bertz CT molecular complexity index is 1630. The van der Waals surface area contributed by atoms with Crippen molar-refractivity contribution >= 4 is 44.8 Å². The summed E-state index contributed by atoms with van der Waals surface area (Å²) in [6, 6.07) is 16.2. The Morgan fingerprint density at radius 2 is 1.70 bits per heavy atom. The second-order valence-electron chi connectivity index (χ2n) is 10.9. The van der Waals surface area contributed by atoms with Crippen molar-refractivity contribution in [2.24, 2.45) is 5.92 Å². The highest BCUT2D eigenvalue weighted by atomic mass is 32.2. The van der Waals surface area contributed by atoms with Gasteiger partial charge in [0.2, 0.25) is 5.91 Å². The van der Waals surface area contributed by atoms with E-state index in [0.717, 1.165) is 53.0 Å². The number of nitro benzene ring substituents is 1. The highest BCUT2D eigenvalue weighted by Gasteiger charge is 2.49. The number of nitrogens with zero attached hydrogens (tertiary/aromatic N) is 3. The Labute approximate surface area is 258 Å². The van der Waals surface area contributed by atoms with Gasteiger partial charge in [0, 0.05) is 25.2 Å². The van der Waals surface area contributed by atoms with Crippen LogP contribution in [0.1, 0.15) is 55.2 Å². The number of carbonyl (C=O) groups excluding carboxylic acids is 2. The minimum atomic E-state index is -4.22. The quantitative estimate of drug-likeness (QED) is 0.233. The van der Waals surface area contributed by atoms with Crippen molar-refractivity contribution in [2.45, 2.75) is 54.4 Å². The molecule has 3 aromatic rings. The third-order valence-electron chi connectivity index (χ3n) is 8.18. The van der Waals surface area contributed by atoms with E-state index >= 15 is 0 Å². The molecule has 44 heavy (non-hydrogen) atoms. The first-order valence-corrected chi connectivity index (χ1v) is 16.6. The summed E-state index contributed by atoms with van der Waals surface area (Å²) in [5.41, 5.74) is 0.643. The second kappa shape index (κ2) is 13.2. The van der Waals surface area contributed by atoms with Crippen LogP contribution in [-0.4, -0.2) is 64.7 Å². The monoisotopic (exact) mass is 640 g/mol. The summed E-state index contributed by atoms with van der Waals surface area (Å²) >= 11 is 0.981. The van der Waals surface area contributed by atoms with Crippen molar-refractivity contribution in [2.75, 3.05) is 13.1 Å². The molecule has 2 heterocycles. The fourth-order valence-electron chi connectivity index (χ4n) is 6.16. The molecule has 0 bridgehead atoms. The lowest BCUT2D eigenvalue weighted by Gasteiger charge is -2.33. The topological polar surface area (TPSA) is 167 Å². The smallest absolute Gasteiger partial charge is 0.305 e. The molecule has 3 unspecified atom stereocenters. The van der Waals surface area contributed by atoms with E-state index in [0.29, 0.717) is 0 Å². The third-order valence-corrected chi connectivity index (χ3v) is 11.4. The number of aliphatic carboxylic acids is 1. The van der Waals surface area contributed by atoms with E-state index in [4.69, 9.17) is 0 Å². The second-order valence-corrected chi connectivity index (χ2v) is 14.0. The molecule has 2 aromatic carbocycles. The number of carboxylic acids is 1. The molecule has 1 saturated heterocycles. The van der Waals surface area contributed by atoms with E-state index in [9.17, 15) is 38.0 Å². The van der Waals surface area contributed by atoms with Gasteiger partial charge in [-0.25, -0.2) is 8.42 Å². The molecule has 12 nitrogen and oxygen atoms in total. The molecular formula is C30H32N4O8S2. The fraction of sp³-hybridized carbons (Fsp3) is 0.367. The van der Waals surface area contributed by atoms with Crippen LogP contribution in [0, 0.1) is 16.0 Å². The SMILES string of the molecule is O=C(O)CC(NC(=O)C1N(C(=O)C(c2ccccc2)C2CCCC2)CCN1S(=O)(=O)c1cccs1)c1cccc([N+](=O)[O-])c1. The van der Waals surface area contributed by atoms with Gasteiger partial charge in [0.25, 0.3) is 21.6 Å². The van der Waals surface area contributed by atoms with Crippen molar-refractivity contribution in [3.8, 4) is 0 Å². The van der Waals surface area contributed by atoms with Crippen molar-refractivity contribution in [3.05, 3.63) is 93.4 Å². The van der Waals surface area contributed by atoms with Crippen LogP contribution in [0.5, 0.6) is 0 Å². The van der Waals surface area contributed by atoms with Crippen LogP contribution in [0.3, 0.4) is 0 Å². The predicted molar refractivity (Wildman–Crippen MR) is 161 cm³/mol. The zero-order valence-corrected chi connectivity index (χ0v) is 25.3. The summed E-state index contributed by atoms with van der Waals surface area (Å²) in [5.74, 6) is -3.13. The van der Waals surface area contributed by atoms with Gasteiger partial charge >= 0.3 is 5.97 Å². The van der Waals surface area contributed by atoms with E-state index in [2.05, 4.69) is 5.32 Å². The molecular weight excluding hydrogens is 608 g/mol. The lowest BCUT2D eigenvalue weighted by atomic mass is 9.83. The molecule has 1 aliphatic heterocycles. The molecule has 0 spiro atoms. The first kappa shape index (κ1) is 31.3. The number of carbonyl (C=O) groups is 3. The maximum Gasteiger partial charge on any atom is 0.305 e. The van der Waals surface area contributed by atoms with Gasteiger partial charge in [-0.3, -0.25) is 24.5 Å². The average Bonchev–Trinajstić information content (AvgIpc) is 3.80. The summed E-state index contributed by atoms with van der Waals surface area (Å²) in [6.45, 7) is -0.186. The van der Waals surface area contributed by atoms with Crippen LogP contribution in [0.25, 0.3) is 0 Å². The normalized spacial score (nSPS) is 19.0. The highest BCUT2D eigenvalue weighted by molar-refractivity contribution is 7.91. The van der Waals surface area contributed by atoms with E-state index < -0.39 is 51.4 Å². The molecule has 232 valence electrons. The number of thiophene rings is 1. The molecule has 1 aliphatic carbocycles. The van der Waals surface area contributed by atoms with E-state index in [-0.39, 0.29) is 40.4 Å². The van der Waals surface area contributed by atoms with Crippen LogP contribution >= 0.6 is 11.3 Å². The largest absolute Gasteiger partial charge is 0.481 e. The molecule has 5 rings (SSSR count). The summed E-state index contributed by atoms with van der Waals surface area (Å²) in [6.07, 6.45) is 1.34. The number of hydrogen-bond acceptors (Lipinski definition) is 8. The van der Waals surface area contributed by atoms with Gasteiger partial charge in [-0.1, -0.05) is 61.4 Å². The zero-order valence-electron chi connectivity index (χ0n) is 23.7. The van der Waals surface area contributed by atoms with Gasteiger partial charge in [-0.2, -0.15) is 4.31 Å². The van der Waals surface area contributed by atoms with Gasteiger partial charge in [-0.15, -0.1) is 11.3 Å². The predicted octanol–water partition coefficient (Wildman–Crippen LogP) is 4.12. The first-order valence-electron chi connectivity index (χ1n) is 14.2. The number of carboxylic acid groups (broad SMARTS) is 1. The number of non-ortho nitro benzene ring substituents is 1. The molecule has 2 aliphatic rings. The van der Waals surface area contributed by atoms with Crippen molar-refractivity contribution in [1.82, 2.24) is 14.5 Å². The standard InChI is InChI=1S/C30H32N4O8S2/c35-25(36)19-24(22-12-6-13-23(18-22)34(39)40)31-28(37)29-32(15-16-33(29)44(41,42)26-14-7-17-43-26)30(38)27(21-10-4-5-11-21)20-8-2-1-3-9-20/h1-3,6-9,12-14,17-18,21,24,27,29H,4-5,10-11,15-16,19H2,(H,31,37)(H,35,36). The van der Waals surface area contributed by atoms with Gasteiger partial charge in [0.15, 0.2) is 6.17 Å². The van der Waals surface area contributed by atoms with Gasteiger partial charge in [-0.05, 0) is 41.3 Å². The Morgan fingerprint density at radius 3 is 2.34 bits per heavy atom. The summed E-state index contributed by atoms with van der Waals surface area (Å²) in [7, 11) is -4.22. The molecule has 0 radical (unpaired) electrons. The van der Waals surface area contributed by atoms with Crippen molar-refractivity contribution in [3.63, 3.8) is 0 Å². The molecule has 3 atom stereocenters. The fourth-order valence-corrected chi connectivity index (χ4v) is 8.83. The lowest BCUT2D eigenvalue weighted by molar-refractivity contribution is -0.384. The molecule has 2 amide bonds. The number of sulfonamides is 1. The number of hydrogen-bond donors (Lipinski definition) is 2. The van der Waals surface area contributed by atoms with Crippen LogP contribution < -0.4 is 5.32 Å². The van der Waals surface area contributed by atoms with E-state index in [1.54, 1.807) is 11.4 Å². The molecule has 1 aromatic heterocycles. The number of rotatable bonds is 11. The Morgan fingerprint density at radius 1 is 1.00 bits per heavy atom. The number of amides is 2. The van der Waals surface area contributed by atoms with Crippen molar-refractivity contribution in [1.29, 1.82) is 0 Å². The Balaban J connectivity index is 1.53. The third kappa shape index (κ3) is 6.51. The maximum atomic E-state index is 14.4. The first-order chi connectivity index (χ1) is 21.1. The molecule has 1 saturated carbocycles. The molecule has 14 heteroatoms. The Hall–Kier alpha value is -4.14. The summed E-state index contributed by atoms with van der Waals surface area (Å²) in [5, 5.41) is 25.2. The van der Waals surface area contributed by atoms with Crippen molar-refractivity contribution < 1.29 is 32.8 Å².